The molecule has 0 spiro atoms. The van der Waals surface area contributed by atoms with Crippen LogP contribution >= 0.6 is 0 Å². The molecule has 2 aliphatic rings. The van der Waals surface area contributed by atoms with E-state index in [9.17, 15) is 23.2 Å². The van der Waals surface area contributed by atoms with Gasteiger partial charge >= 0.3 is 0 Å². The summed E-state index contributed by atoms with van der Waals surface area (Å²) in [6.07, 6.45) is 5.33. The Morgan fingerprint density at radius 1 is 1.00 bits per heavy atom. The number of Topliss-reactive ketones (excluding diaryl/α,β-unsaturated/α-hetero) is 1. The molecule has 2 amide bonds. The van der Waals surface area contributed by atoms with Crippen LogP contribution in [0.1, 0.15) is 66.4 Å². The number of carbonyl (C=O) groups is 3. The average Bonchev–Trinajstić information content (AvgIpc) is 2.83. The lowest BCUT2D eigenvalue weighted by atomic mass is 9.82. The van der Waals surface area contributed by atoms with E-state index >= 15 is 0 Å². The maximum atomic E-state index is 13.7. The van der Waals surface area contributed by atoms with E-state index in [1.54, 1.807) is 24.0 Å². The minimum atomic E-state index is -0.637. The molecule has 2 aromatic rings. The van der Waals surface area contributed by atoms with Crippen LogP contribution in [0.3, 0.4) is 0 Å². The molecule has 0 radical (unpaired) electrons. The Balaban J connectivity index is 1.23. The Labute approximate surface area is 210 Å². The summed E-state index contributed by atoms with van der Waals surface area (Å²) in [6, 6.07) is 10.3. The average molecular weight is 498 g/mol. The number of benzene rings is 2. The number of likely N-dealkylation sites (tertiary alicyclic amines) is 1. The fourth-order valence-corrected chi connectivity index (χ4v) is 5.12. The molecule has 1 aliphatic carbocycles. The number of hydrogen-bond donors (Lipinski definition) is 2. The van der Waals surface area contributed by atoms with Crippen LogP contribution in [0.4, 0.5) is 8.78 Å². The van der Waals surface area contributed by atoms with Crippen molar-refractivity contribution in [1.29, 1.82) is 0 Å². The molecule has 36 heavy (non-hydrogen) atoms. The first-order valence-electron chi connectivity index (χ1n) is 12.7. The molecule has 2 fully saturated rings. The number of rotatable bonds is 9. The van der Waals surface area contributed by atoms with Gasteiger partial charge in [-0.2, -0.15) is 0 Å². The third-order valence-corrected chi connectivity index (χ3v) is 7.33. The molecular formula is C28H33F2N3O3. The third kappa shape index (κ3) is 6.35. The fourth-order valence-electron chi connectivity index (χ4n) is 5.12. The van der Waals surface area contributed by atoms with E-state index in [0.29, 0.717) is 24.2 Å². The molecular weight excluding hydrogens is 464 g/mol. The number of carbonyl (C=O) groups excluding carboxylic acids is 3. The molecule has 8 heteroatoms. The monoisotopic (exact) mass is 497 g/mol. The molecule has 192 valence electrons. The Hall–Kier alpha value is -3.13. The van der Waals surface area contributed by atoms with Gasteiger partial charge in [0.1, 0.15) is 11.6 Å². The fraction of sp³-hybridized carbons (Fsp3) is 0.464. The molecule has 4 rings (SSSR count). The largest absolute Gasteiger partial charge is 0.342 e. The Morgan fingerprint density at radius 2 is 1.69 bits per heavy atom. The van der Waals surface area contributed by atoms with Gasteiger partial charge in [0, 0.05) is 42.7 Å². The highest BCUT2D eigenvalue weighted by atomic mass is 19.1. The molecule has 1 saturated carbocycles. The second kappa shape index (κ2) is 11.7. The van der Waals surface area contributed by atoms with Crippen molar-refractivity contribution in [2.45, 2.75) is 57.5 Å². The van der Waals surface area contributed by atoms with Crippen LogP contribution in [0.15, 0.2) is 42.5 Å². The highest BCUT2D eigenvalue weighted by Crippen LogP contribution is 2.28. The number of amides is 2. The molecule has 1 saturated heterocycles. The second-order valence-electron chi connectivity index (χ2n) is 9.92. The predicted octanol–water partition coefficient (Wildman–Crippen LogP) is 3.95. The first kappa shape index (κ1) is 25.9. The molecule has 0 aromatic heterocycles. The van der Waals surface area contributed by atoms with E-state index in [1.807, 2.05) is 12.1 Å². The van der Waals surface area contributed by atoms with Crippen molar-refractivity contribution in [1.82, 2.24) is 15.5 Å². The zero-order chi connectivity index (χ0) is 25.7. The molecule has 1 heterocycles. The van der Waals surface area contributed by atoms with Crippen molar-refractivity contribution in [2.24, 2.45) is 5.92 Å². The van der Waals surface area contributed by atoms with Crippen molar-refractivity contribution in [2.75, 3.05) is 19.6 Å². The summed E-state index contributed by atoms with van der Waals surface area (Å²) in [5.41, 5.74) is 1.88. The van der Waals surface area contributed by atoms with Crippen LogP contribution in [-0.4, -0.2) is 48.2 Å². The van der Waals surface area contributed by atoms with E-state index in [2.05, 4.69) is 10.6 Å². The number of halogens is 2. The van der Waals surface area contributed by atoms with Gasteiger partial charge in [0.25, 0.3) is 5.91 Å². The van der Waals surface area contributed by atoms with Gasteiger partial charge in [-0.05, 0) is 49.4 Å². The van der Waals surface area contributed by atoms with E-state index in [1.165, 1.54) is 18.6 Å². The van der Waals surface area contributed by atoms with E-state index < -0.39 is 17.7 Å². The van der Waals surface area contributed by atoms with Crippen molar-refractivity contribution in [3.8, 4) is 0 Å². The number of hydrogen-bond acceptors (Lipinski definition) is 4. The zero-order valence-corrected chi connectivity index (χ0v) is 20.6. The molecule has 6 nitrogen and oxygen atoms in total. The van der Waals surface area contributed by atoms with Crippen LogP contribution in [0.2, 0.25) is 0 Å². The molecule has 1 aliphatic heterocycles. The summed E-state index contributed by atoms with van der Waals surface area (Å²) in [5, 5.41) is 5.86. The highest BCUT2D eigenvalue weighted by molar-refractivity contribution is 5.97. The van der Waals surface area contributed by atoms with E-state index in [-0.39, 0.29) is 42.5 Å². The van der Waals surface area contributed by atoms with Crippen molar-refractivity contribution in [3.05, 3.63) is 70.8 Å². The van der Waals surface area contributed by atoms with Gasteiger partial charge in [-0.3, -0.25) is 14.4 Å². The maximum absolute atomic E-state index is 13.7. The minimum Gasteiger partial charge on any atom is -0.342 e. The molecule has 1 atom stereocenters. The standard InChI is InChI=1S/C28H33F2N3O3/c1-18(34)27(20-5-3-2-4-6-20)32-28(36)21-9-7-19(8-10-21)23-16-33(17-23)26(35)15-31-14-22-11-12-24(29)13-25(22)30/h7-13,20,23,27,31H,2-6,14-17H2,1H3,(H,32,36)/t27-/m0/s1. The van der Waals surface area contributed by atoms with Crippen LogP contribution in [-0.2, 0) is 16.1 Å². The lowest BCUT2D eigenvalue weighted by Crippen LogP contribution is -2.51. The van der Waals surface area contributed by atoms with Crippen molar-refractivity contribution in [3.63, 3.8) is 0 Å². The number of nitrogens with one attached hydrogen (secondary N) is 2. The summed E-state index contributed by atoms with van der Waals surface area (Å²) in [4.78, 5) is 39.1. The zero-order valence-electron chi connectivity index (χ0n) is 20.6. The number of ketones is 1. The van der Waals surface area contributed by atoms with Gasteiger partial charge in [0.2, 0.25) is 5.91 Å². The third-order valence-electron chi connectivity index (χ3n) is 7.33. The Bertz CT molecular complexity index is 1090. The molecule has 2 aromatic carbocycles. The summed E-state index contributed by atoms with van der Waals surface area (Å²) >= 11 is 0. The van der Waals surface area contributed by atoms with Gasteiger partial charge in [0.15, 0.2) is 5.78 Å². The Kier molecular flexibility index (Phi) is 8.46. The second-order valence-corrected chi connectivity index (χ2v) is 9.92. The van der Waals surface area contributed by atoms with Crippen molar-refractivity contribution >= 4 is 17.6 Å². The normalized spacial score (nSPS) is 17.4. The first-order chi connectivity index (χ1) is 17.3. The van der Waals surface area contributed by atoms with Gasteiger partial charge in [-0.1, -0.05) is 37.5 Å². The van der Waals surface area contributed by atoms with Crippen LogP contribution in [0, 0.1) is 17.6 Å². The topological polar surface area (TPSA) is 78.5 Å². The lowest BCUT2D eigenvalue weighted by molar-refractivity contribution is -0.134. The smallest absolute Gasteiger partial charge is 0.251 e. The quantitative estimate of drug-likeness (QED) is 0.550. The highest BCUT2D eigenvalue weighted by Gasteiger charge is 2.32. The van der Waals surface area contributed by atoms with Crippen LogP contribution < -0.4 is 10.6 Å². The predicted molar refractivity (Wildman–Crippen MR) is 132 cm³/mol. The summed E-state index contributed by atoms with van der Waals surface area (Å²) < 4.78 is 26.7. The van der Waals surface area contributed by atoms with E-state index in [4.69, 9.17) is 0 Å². The Morgan fingerprint density at radius 3 is 2.33 bits per heavy atom. The van der Waals surface area contributed by atoms with Crippen LogP contribution in [0.5, 0.6) is 0 Å². The lowest BCUT2D eigenvalue weighted by Gasteiger charge is -2.39. The van der Waals surface area contributed by atoms with Crippen LogP contribution in [0.25, 0.3) is 0 Å². The first-order valence-corrected chi connectivity index (χ1v) is 12.7. The summed E-state index contributed by atoms with van der Waals surface area (Å²) in [5.74, 6) is -1.18. The maximum Gasteiger partial charge on any atom is 0.251 e. The molecule has 2 N–H and O–H groups in total. The number of nitrogens with zero attached hydrogens (tertiary/aromatic N) is 1. The van der Waals surface area contributed by atoms with E-state index in [0.717, 1.165) is 37.3 Å². The molecule has 0 bridgehead atoms. The van der Waals surface area contributed by atoms with Gasteiger partial charge in [0.05, 0.1) is 12.6 Å². The van der Waals surface area contributed by atoms with Crippen molar-refractivity contribution < 1.29 is 23.2 Å². The van der Waals surface area contributed by atoms with Gasteiger partial charge < -0.3 is 15.5 Å². The summed E-state index contributed by atoms with van der Waals surface area (Å²) in [6.45, 7) is 2.91. The van der Waals surface area contributed by atoms with Gasteiger partial charge in [-0.25, -0.2) is 8.78 Å². The minimum absolute atomic E-state index is 0.00314. The molecule has 0 unspecified atom stereocenters. The summed E-state index contributed by atoms with van der Waals surface area (Å²) in [7, 11) is 0. The SMILES string of the molecule is CC(=O)[C@H](NC(=O)c1ccc(C2CN(C(=O)CNCc3ccc(F)cc3F)C2)cc1)C1CCCCC1. The van der Waals surface area contributed by atoms with Gasteiger partial charge in [-0.15, -0.1) is 0 Å².